The number of anilines is 2. The van der Waals surface area contributed by atoms with Gasteiger partial charge in [-0.3, -0.25) is 4.31 Å². The lowest BCUT2D eigenvalue weighted by Crippen LogP contribution is -2.28. The van der Waals surface area contributed by atoms with Gasteiger partial charge in [0.25, 0.3) is 10.0 Å². The molecule has 7 heteroatoms. The SMILES string of the molecule is Nc1cccc2c1CCN2S(=O)(=O)c1sccc1Br. The summed E-state index contributed by atoms with van der Waals surface area (Å²) in [6, 6.07) is 7.13. The second kappa shape index (κ2) is 4.50. The van der Waals surface area contributed by atoms with Crippen molar-refractivity contribution in [3.05, 3.63) is 39.7 Å². The molecule has 0 unspecified atom stereocenters. The molecule has 0 atom stereocenters. The third kappa shape index (κ3) is 1.96. The van der Waals surface area contributed by atoms with Crippen LogP contribution in [0.25, 0.3) is 0 Å². The van der Waals surface area contributed by atoms with Gasteiger partial charge in [0.2, 0.25) is 0 Å². The summed E-state index contributed by atoms with van der Waals surface area (Å²) in [5.74, 6) is 0. The quantitative estimate of drug-likeness (QED) is 0.839. The van der Waals surface area contributed by atoms with E-state index in [0.717, 1.165) is 5.56 Å². The van der Waals surface area contributed by atoms with Crippen LogP contribution in [0.5, 0.6) is 0 Å². The zero-order valence-corrected chi connectivity index (χ0v) is 13.1. The molecule has 4 nitrogen and oxygen atoms in total. The maximum Gasteiger partial charge on any atom is 0.274 e. The fraction of sp³-hybridized carbons (Fsp3) is 0.167. The van der Waals surface area contributed by atoms with Gasteiger partial charge >= 0.3 is 0 Å². The molecule has 3 rings (SSSR count). The van der Waals surface area contributed by atoms with E-state index in [9.17, 15) is 8.42 Å². The summed E-state index contributed by atoms with van der Waals surface area (Å²) < 4.78 is 27.7. The van der Waals surface area contributed by atoms with Crippen molar-refractivity contribution in [3.63, 3.8) is 0 Å². The molecule has 1 aliphatic rings. The number of sulfonamides is 1. The van der Waals surface area contributed by atoms with Crippen molar-refractivity contribution < 1.29 is 8.42 Å². The Morgan fingerprint density at radius 1 is 1.32 bits per heavy atom. The molecule has 1 aromatic carbocycles. The van der Waals surface area contributed by atoms with Crippen LogP contribution in [-0.4, -0.2) is 15.0 Å². The van der Waals surface area contributed by atoms with Crippen LogP contribution in [-0.2, 0) is 16.4 Å². The molecule has 0 radical (unpaired) electrons. The highest BCUT2D eigenvalue weighted by Crippen LogP contribution is 2.38. The highest BCUT2D eigenvalue weighted by atomic mass is 79.9. The Bertz CT molecular complexity index is 740. The largest absolute Gasteiger partial charge is 0.398 e. The Kier molecular flexibility index (Phi) is 3.07. The van der Waals surface area contributed by atoms with E-state index in [1.165, 1.54) is 15.6 Å². The second-order valence-corrected chi connectivity index (χ2v) is 8.06. The Morgan fingerprint density at radius 3 is 2.79 bits per heavy atom. The molecule has 100 valence electrons. The van der Waals surface area contributed by atoms with Gasteiger partial charge in [0.15, 0.2) is 4.21 Å². The van der Waals surface area contributed by atoms with E-state index in [2.05, 4.69) is 15.9 Å². The van der Waals surface area contributed by atoms with E-state index in [1.807, 2.05) is 0 Å². The van der Waals surface area contributed by atoms with Crippen LogP contribution < -0.4 is 10.0 Å². The fourth-order valence-corrected chi connectivity index (χ4v) is 6.15. The molecule has 0 amide bonds. The van der Waals surface area contributed by atoms with Gasteiger partial charge in [-0.05, 0) is 45.9 Å². The summed E-state index contributed by atoms with van der Waals surface area (Å²) >= 11 is 4.50. The molecule has 1 aromatic heterocycles. The van der Waals surface area contributed by atoms with Crippen LogP contribution in [0.2, 0.25) is 0 Å². The summed E-state index contributed by atoms with van der Waals surface area (Å²) in [6.45, 7) is 0.441. The first-order chi connectivity index (χ1) is 9.01. The molecule has 0 saturated carbocycles. The Hall–Kier alpha value is -1.05. The average molecular weight is 359 g/mol. The van der Waals surface area contributed by atoms with Gasteiger partial charge in [-0.15, -0.1) is 11.3 Å². The molecule has 0 aliphatic carbocycles. The first kappa shape index (κ1) is 13.0. The number of benzene rings is 1. The summed E-state index contributed by atoms with van der Waals surface area (Å²) in [6.07, 6.45) is 0.657. The Morgan fingerprint density at radius 2 is 2.11 bits per heavy atom. The van der Waals surface area contributed by atoms with E-state index < -0.39 is 10.0 Å². The average Bonchev–Trinajstić information content (AvgIpc) is 2.96. The number of nitrogens with zero attached hydrogens (tertiary/aromatic N) is 1. The topological polar surface area (TPSA) is 63.4 Å². The summed E-state index contributed by atoms with van der Waals surface area (Å²) in [4.78, 5) is 0. The molecule has 0 fully saturated rings. The molecule has 0 saturated heterocycles. The Balaban J connectivity index is 2.12. The maximum absolute atomic E-state index is 12.7. The molecular weight excluding hydrogens is 348 g/mol. The first-order valence-corrected chi connectivity index (χ1v) is 8.76. The van der Waals surface area contributed by atoms with Crippen LogP contribution >= 0.6 is 27.3 Å². The van der Waals surface area contributed by atoms with Crippen LogP contribution in [0.3, 0.4) is 0 Å². The van der Waals surface area contributed by atoms with Gasteiger partial charge in [-0.25, -0.2) is 8.42 Å². The number of halogens is 1. The van der Waals surface area contributed by atoms with E-state index in [4.69, 9.17) is 5.73 Å². The molecule has 0 spiro atoms. The van der Waals surface area contributed by atoms with Crippen molar-refractivity contribution in [2.45, 2.75) is 10.6 Å². The minimum Gasteiger partial charge on any atom is -0.398 e. The van der Waals surface area contributed by atoms with Crippen LogP contribution in [0, 0.1) is 0 Å². The lowest BCUT2D eigenvalue weighted by molar-refractivity contribution is 0.594. The van der Waals surface area contributed by atoms with Gasteiger partial charge < -0.3 is 5.73 Å². The molecule has 1 aliphatic heterocycles. The minimum atomic E-state index is -3.51. The number of thiophene rings is 1. The predicted molar refractivity (Wildman–Crippen MR) is 81.1 cm³/mol. The van der Waals surface area contributed by atoms with Crippen molar-refractivity contribution in [3.8, 4) is 0 Å². The van der Waals surface area contributed by atoms with Gasteiger partial charge in [0.05, 0.1) is 5.69 Å². The highest BCUT2D eigenvalue weighted by Gasteiger charge is 2.33. The summed E-state index contributed by atoms with van der Waals surface area (Å²) in [7, 11) is -3.51. The number of nitrogen functional groups attached to an aromatic ring is 1. The van der Waals surface area contributed by atoms with Crippen molar-refractivity contribution in [2.24, 2.45) is 0 Å². The lowest BCUT2D eigenvalue weighted by atomic mass is 10.1. The minimum absolute atomic E-state index is 0.336. The first-order valence-electron chi connectivity index (χ1n) is 5.65. The number of nitrogens with two attached hydrogens (primary N) is 1. The van der Waals surface area contributed by atoms with Gasteiger partial charge in [-0.2, -0.15) is 0 Å². The van der Waals surface area contributed by atoms with E-state index >= 15 is 0 Å². The van der Waals surface area contributed by atoms with Crippen molar-refractivity contribution in [1.29, 1.82) is 0 Å². The molecule has 0 bridgehead atoms. The van der Waals surface area contributed by atoms with Gasteiger partial charge in [-0.1, -0.05) is 6.07 Å². The van der Waals surface area contributed by atoms with Crippen molar-refractivity contribution >= 4 is 48.7 Å². The molecule has 2 heterocycles. The number of hydrogen-bond acceptors (Lipinski definition) is 4. The van der Waals surface area contributed by atoms with Crippen LogP contribution in [0.4, 0.5) is 11.4 Å². The Labute approximate surface area is 124 Å². The lowest BCUT2D eigenvalue weighted by Gasteiger charge is -2.19. The van der Waals surface area contributed by atoms with Gasteiger partial charge in [0, 0.05) is 22.3 Å². The van der Waals surface area contributed by atoms with E-state index in [1.54, 1.807) is 29.6 Å². The van der Waals surface area contributed by atoms with E-state index in [0.29, 0.717) is 33.0 Å². The van der Waals surface area contributed by atoms with Gasteiger partial charge in [0.1, 0.15) is 0 Å². The van der Waals surface area contributed by atoms with Crippen molar-refractivity contribution in [2.75, 3.05) is 16.6 Å². The molecule has 2 N–H and O–H groups in total. The smallest absolute Gasteiger partial charge is 0.274 e. The zero-order chi connectivity index (χ0) is 13.6. The second-order valence-electron chi connectivity index (χ2n) is 4.23. The monoisotopic (exact) mass is 358 g/mol. The maximum atomic E-state index is 12.7. The number of fused-ring (bicyclic) bond motifs is 1. The molecule has 2 aromatic rings. The molecule has 19 heavy (non-hydrogen) atoms. The third-order valence-electron chi connectivity index (χ3n) is 3.13. The fourth-order valence-electron chi connectivity index (χ4n) is 2.25. The zero-order valence-electron chi connectivity index (χ0n) is 9.84. The number of hydrogen-bond donors (Lipinski definition) is 1. The van der Waals surface area contributed by atoms with E-state index in [-0.39, 0.29) is 0 Å². The highest BCUT2D eigenvalue weighted by molar-refractivity contribution is 9.10. The molecular formula is C12H11BrN2O2S2. The van der Waals surface area contributed by atoms with Crippen LogP contribution in [0.15, 0.2) is 38.3 Å². The summed E-state index contributed by atoms with van der Waals surface area (Å²) in [5, 5.41) is 1.76. The standard InChI is InChI=1S/C12H11BrN2O2S2/c13-9-5-7-18-12(9)19(16,17)15-6-4-8-10(14)2-1-3-11(8)15/h1-3,5,7H,4,6,14H2. The summed E-state index contributed by atoms with van der Waals surface area (Å²) in [5.41, 5.74) is 8.16. The van der Waals surface area contributed by atoms with Crippen molar-refractivity contribution in [1.82, 2.24) is 0 Å². The third-order valence-corrected chi connectivity index (χ3v) is 7.59. The number of rotatable bonds is 2. The predicted octanol–water partition coefficient (Wildman–Crippen LogP) is 2.84. The normalized spacial score (nSPS) is 14.7. The van der Waals surface area contributed by atoms with Crippen LogP contribution in [0.1, 0.15) is 5.56 Å².